The molecule has 1 aromatic heterocycles. The molecule has 6 nitrogen and oxygen atoms in total. The zero-order valence-electron chi connectivity index (χ0n) is 14.7. The zero-order chi connectivity index (χ0) is 17.9. The topological polar surface area (TPSA) is 73.2 Å². The number of ether oxygens (including phenoxy) is 1. The Labute approximate surface area is 152 Å². The van der Waals surface area contributed by atoms with Gasteiger partial charge in [-0.05, 0) is 55.4 Å². The number of hydrogen-bond donors (Lipinski definition) is 1. The van der Waals surface area contributed by atoms with E-state index >= 15 is 0 Å². The van der Waals surface area contributed by atoms with Gasteiger partial charge >= 0.3 is 5.97 Å². The fourth-order valence-electron chi connectivity index (χ4n) is 3.95. The Morgan fingerprint density at radius 3 is 2.77 bits per heavy atom. The van der Waals surface area contributed by atoms with Crippen LogP contribution >= 0.6 is 0 Å². The first kappa shape index (κ1) is 16.8. The molecule has 1 N–H and O–H groups in total. The summed E-state index contributed by atoms with van der Waals surface area (Å²) in [6.45, 7) is -0.300. The summed E-state index contributed by atoms with van der Waals surface area (Å²) in [6, 6.07) is 7.77. The van der Waals surface area contributed by atoms with E-state index < -0.39 is 5.97 Å². The molecule has 1 aromatic carbocycles. The molecule has 0 bridgehead atoms. The molecular formula is C20H23N3O3. The van der Waals surface area contributed by atoms with Gasteiger partial charge in [0, 0.05) is 6.07 Å². The molecule has 2 aliphatic rings. The van der Waals surface area contributed by atoms with Gasteiger partial charge in [0.15, 0.2) is 6.61 Å². The molecule has 1 fully saturated rings. The molecule has 4 rings (SSSR count). The number of aryl methyl sites for hydroxylation is 2. The second-order valence-electron chi connectivity index (χ2n) is 7.06. The third-order valence-corrected chi connectivity index (χ3v) is 5.28. The van der Waals surface area contributed by atoms with Gasteiger partial charge in [0.2, 0.25) is 0 Å². The Morgan fingerprint density at radius 2 is 1.92 bits per heavy atom. The van der Waals surface area contributed by atoms with Gasteiger partial charge in [-0.2, -0.15) is 5.10 Å². The Morgan fingerprint density at radius 1 is 1.12 bits per heavy atom. The van der Waals surface area contributed by atoms with Crippen LogP contribution in [0.4, 0.5) is 5.82 Å². The number of hydrogen-bond acceptors (Lipinski definition) is 4. The number of esters is 1. The maximum atomic E-state index is 12.2. The number of carbonyl (C=O) groups is 2. The minimum atomic E-state index is -0.459. The lowest BCUT2D eigenvalue weighted by Gasteiger charge is -2.14. The maximum Gasteiger partial charge on any atom is 0.338 e. The first-order valence-corrected chi connectivity index (χ1v) is 9.33. The molecular weight excluding hydrogens is 330 g/mol. The highest BCUT2D eigenvalue weighted by molar-refractivity contribution is 5.95. The summed E-state index contributed by atoms with van der Waals surface area (Å²) in [5.41, 5.74) is 3.03. The van der Waals surface area contributed by atoms with Crippen LogP contribution in [0.5, 0.6) is 0 Å². The van der Waals surface area contributed by atoms with Crippen LogP contribution in [0.25, 0.3) is 0 Å². The van der Waals surface area contributed by atoms with Crippen LogP contribution in [-0.2, 0) is 22.4 Å². The van der Waals surface area contributed by atoms with Crippen molar-refractivity contribution >= 4 is 17.7 Å². The zero-order valence-corrected chi connectivity index (χ0v) is 14.7. The molecule has 6 heteroatoms. The summed E-state index contributed by atoms with van der Waals surface area (Å²) >= 11 is 0. The number of fused-ring (bicyclic) bond motifs is 1. The number of benzene rings is 1. The van der Waals surface area contributed by atoms with Gasteiger partial charge in [-0.1, -0.05) is 18.9 Å². The van der Waals surface area contributed by atoms with Crippen LogP contribution in [0.2, 0.25) is 0 Å². The molecule has 26 heavy (non-hydrogen) atoms. The molecule has 0 aliphatic heterocycles. The number of rotatable bonds is 5. The highest BCUT2D eigenvalue weighted by Crippen LogP contribution is 2.31. The summed E-state index contributed by atoms with van der Waals surface area (Å²) in [7, 11) is 0. The van der Waals surface area contributed by atoms with Crippen molar-refractivity contribution in [2.45, 2.75) is 51.0 Å². The molecule has 0 spiro atoms. The van der Waals surface area contributed by atoms with Crippen LogP contribution in [0.1, 0.15) is 59.6 Å². The Kier molecular flexibility index (Phi) is 4.73. The monoisotopic (exact) mass is 353 g/mol. The molecule has 0 unspecified atom stereocenters. The average molecular weight is 353 g/mol. The first-order valence-electron chi connectivity index (χ1n) is 9.33. The maximum absolute atomic E-state index is 12.2. The summed E-state index contributed by atoms with van der Waals surface area (Å²) in [6.07, 6.45) is 9.43. The fraction of sp³-hybridized carbons (Fsp3) is 0.450. The third kappa shape index (κ3) is 3.49. The predicted octanol–water partition coefficient (Wildman–Crippen LogP) is 3.28. The van der Waals surface area contributed by atoms with Crippen LogP contribution in [-0.4, -0.2) is 28.3 Å². The second-order valence-corrected chi connectivity index (χ2v) is 7.06. The van der Waals surface area contributed by atoms with Crippen molar-refractivity contribution in [1.29, 1.82) is 0 Å². The minimum Gasteiger partial charge on any atom is -0.452 e. The molecule has 2 aromatic rings. The summed E-state index contributed by atoms with van der Waals surface area (Å²) in [5, 5.41) is 7.12. The van der Waals surface area contributed by atoms with E-state index in [1.54, 1.807) is 18.3 Å². The van der Waals surface area contributed by atoms with Gasteiger partial charge < -0.3 is 10.1 Å². The van der Waals surface area contributed by atoms with Crippen LogP contribution in [0.3, 0.4) is 0 Å². The first-order chi connectivity index (χ1) is 12.7. The van der Waals surface area contributed by atoms with E-state index in [1.165, 1.54) is 24.0 Å². The number of nitrogens with one attached hydrogen (secondary N) is 1. The average Bonchev–Trinajstić information content (AvgIpc) is 3.39. The summed E-state index contributed by atoms with van der Waals surface area (Å²) < 4.78 is 7.05. The van der Waals surface area contributed by atoms with Crippen molar-refractivity contribution in [2.24, 2.45) is 0 Å². The lowest BCUT2D eigenvalue weighted by molar-refractivity contribution is -0.119. The third-order valence-electron chi connectivity index (χ3n) is 5.28. The lowest BCUT2D eigenvalue weighted by atomic mass is 10.1. The lowest BCUT2D eigenvalue weighted by Crippen LogP contribution is -2.23. The molecule has 1 saturated carbocycles. The molecule has 1 amide bonds. The van der Waals surface area contributed by atoms with Gasteiger partial charge in [-0.25, -0.2) is 9.48 Å². The number of aromatic nitrogens is 2. The van der Waals surface area contributed by atoms with Crippen molar-refractivity contribution in [2.75, 3.05) is 11.9 Å². The summed E-state index contributed by atoms with van der Waals surface area (Å²) in [4.78, 5) is 24.4. The molecule has 136 valence electrons. The van der Waals surface area contributed by atoms with Gasteiger partial charge in [0.05, 0.1) is 17.8 Å². The van der Waals surface area contributed by atoms with Crippen molar-refractivity contribution in [3.8, 4) is 0 Å². The normalized spacial score (nSPS) is 16.5. The standard InChI is InChI=1S/C20H23N3O3/c24-19(22-18-10-11-21-23(18)17-6-1-2-7-17)13-26-20(25)16-9-8-14-4-3-5-15(14)12-16/h8-12,17H,1-7,13H2,(H,22,24). The van der Waals surface area contributed by atoms with Crippen molar-refractivity contribution < 1.29 is 14.3 Å². The molecule has 1 heterocycles. The van der Waals surface area contributed by atoms with E-state index in [2.05, 4.69) is 10.4 Å². The van der Waals surface area contributed by atoms with Gasteiger partial charge in [0.25, 0.3) is 5.91 Å². The van der Waals surface area contributed by atoms with E-state index in [0.717, 1.165) is 32.1 Å². The van der Waals surface area contributed by atoms with Crippen molar-refractivity contribution in [3.63, 3.8) is 0 Å². The molecule has 0 atom stereocenters. The molecule has 2 aliphatic carbocycles. The predicted molar refractivity (Wildman–Crippen MR) is 97.1 cm³/mol. The van der Waals surface area contributed by atoms with E-state index in [0.29, 0.717) is 17.4 Å². The van der Waals surface area contributed by atoms with Crippen LogP contribution < -0.4 is 5.32 Å². The van der Waals surface area contributed by atoms with Crippen LogP contribution in [0, 0.1) is 0 Å². The number of anilines is 1. The minimum absolute atomic E-state index is 0.300. The Hall–Kier alpha value is -2.63. The Bertz CT molecular complexity index is 821. The smallest absolute Gasteiger partial charge is 0.338 e. The number of amides is 1. The van der Waals surface area contributed by atoms with E-state index in [1.807, 2.05) is 16.8 Å². The highest BCUT2D eigenvalue weighted by atomic mass is 16.5. The number of nitrogens with zero attached hydrogens (tertiary/aromatic N) is 2. The SMILES string of the molecule is O=C(COC(=O)c1ccc2c(c1)CCC2)Nc1ccnn1C1CCCC1. The largest absolute Gasteiger partial charge is 0.452 e. The Balaban J connectivity index is 1.33. The van der Waals surface area contributed by atoms with Gasteiger partial charge in [0.1, 0.15) is 5.82 Å². The highest BCUT2D eigenvalue weighted by Gasteiger charge is 2.21. The molecule has 0 radical (unpaired) electrons. The summed E-state index contributed by atoms with van der Waals surface area (Å²) in [5.74, 6) is -0.145. The van der Waals surface area contributed by atoms with Crippen LogP contribution in [0.15, 0.2) is 30.5 Å². The number of carbonyl (C=O) groups excluding carboxylic acids is 2. The van der Waals surface area contributed by atoms with Crippen molar-refractivity contribution in [1.82, 2.24) is 9.78 Å². The molecule has 0 saturated heterocycles. The van der Waals surface area contributed by atoms with E-state index in [-0.39, 0.29) is 12.5 Å². The van der Waals surface area contributed by atoms with Gasteiger partial charge in [-0.15, -0.1) is 0 Å². The van der Waals surface area contributed by atoms with Gasteiger partial charge in [-0.3, -0.25) is 4.79 Å². The fourth-order valence-corrected chi connectivity index (χ4v) is 3.95. The quantitative estimate of drug-likeness (QED) is 0.837. The second kappa shape index (κ2) is 7.32. The van der Waals surface area contributed by atoms with E-state index in [4.69, 9.17) is 4.74 Å². The van der Waals surface area contributed by atoms with Crippen molar-refractivity contribution in [3.05, 3.63) is 47.2 Å². The van der Waals surface area contributed by atoms with E-state index in [9.17, 15) is 9.59 Å².